The van der Waals surface area contributed by atoms with Crippen LogP contribution >= 0.6 is 0 Å². The van der Waals surface area contributed by atoms with E-state index in [0.29, 0.717) is 24.7 Å². The molecule has 1 aromatic heterocycles. The number of rotatable bonds is 5. The number of carbonyl (C=O) groups is 1. The van der Waals surface area contributed by atoms with Crippen molar-refractivity contribution in [3.8, 4) is 0 Å². The van der Waals surface area contributed by atoms with Crippen LogP contribution in [0.4, 0.5) is 0 Å². The number of hydrogen-bond donors (Lipinski definition) is 1. The fourth-order valence-electron chi connectivity index (χ4n) is 2.23. The predicted octanol–water partition coefficient (Wildman–Crippen LogP) is 2.74. The minimum Gasteiger partial charge on any atom is -0.481 e. The summed E-state index contributed by atoms with van der Waals surface area (Å²) in [6, 6.07) is 0. The van der Waals surface area contributed by atoms with E-state index in [9.17, 15) is 4.79 Å². The predicted molar refractivity (Wildman–Crippen MR) is 58.3 cm³/mol. The lowest BCUT2D eigenvalue weighted by molar-refractivity contribution is -0.137. The van der Waals surface area contributed by atoms with Gasteiger partial charge >= 0.3 is 5.97 Å². The summed E-state index contributed by atoms with van der Waals surface area (Å²) in [5.74, 6) is 1.45. The molecule has 1 saturated carbocycles. The molecule has 0 bridgehead atoms. The molecule has 1 heterocycles. The van der Waals surface area contributed by atoms with Crippen molar-refractivity contribution in [1.29, 1.82) is 0 Å². The van der Waals surface area contributed by atoms with Gasteiger partial charge in [-0.05, 0) is 19.3 Å². The Kier molecular flexibility index (Phi) is 3.59. The standard InChI is InChI=1S/C12H17NO3/c14-12(15)7-3-6-11-13-8-10(16-11)9-4-1-2-5-9/h8-9H,1-7H2,(H,14,15). The molecule has 1 N–H and O–H groups in total. The van der Waals surface area contributed by atoms with E-state index in [1.165, 1.54) is 25.7 Å². The molecule has 0 atom stereocenters. The number of aliphatic carboxylic acids is 1. The van der Waals surface area contributed by atoms with E-state index in [0.717, 1.165) is 5.76 Å². The molecule has 1 aliphatic rings. The van der Waals surface area contributed by atoms with Gasteiger partial charge in [0, 0.05) is 18.8 Å². The fourth-order valence-corrected chi connectivity index (χ4v) is 2.23. The van der Waals surface area contributed by atoms with Crippen molar-refractivity contribution >= 4 is 5.97 Å². The third-order valence-electron chi connectivity index (χ3n) is 3.11. The maximum absolute atomic E-state index is 10.4. The summed E-state index contributed by atoms with van der Waals surface area (Å²) in [4.78, 5) is 14.6. The van der Waals surface area contributed by atoms with Gasteiger partial charge in [0.25, 0.3) is 0 Å². The summed E-state index contributed by atoms with van der Waals surface area (Å²) in [6.07, 6.45) is 8.17. The van der Waals surface area contributed by atoms with Gasteiger partial charge in [-0.15, -0.1) is 0 Å². The lowest BCUT2D eigenvalue weighted by Crippen LogP contribution is -1.95. The second-order valence-electron chi connectivity index (χ2n) is 4.39. The van der Waals surface area contributed by atoms with Crippen LogP contribution in [0.1, 0.15) is 56.1 Å². The van der Waals surface area contributed by atoms with Crippen LogP contribution in [0.15, 0.2) is 10.6 Å². The Morgan fingerprint density at radius 1 is 1.50 bits per heavy atom. The minimum atomic E-state index is -0.762. The summed E-state index contributed by atoms with van der Waals surface area (Å²) in [5, 5.41) is 8.52. The highest BCUT2D eigenvalue weighted by Gasteiger charge is 2.20. The SMILES string of the molecule is O=C(O)CCCc1ncc(C2CCCC2)o1. The van der Waals surface area contributed by atoms with Crippen LogP contribution in [-0.4, -0.2) is 16.1 Å². The average molecular weight is 223 g/mol. The molecule has 0 saturated heterocycles. The van der Waals surface area contributed by atoms with Crippen molar-refractivity contribution in [2.45, 2.75) is 50.9 Å². The summed E-state index contributed by atoms with van der Waals surface area (Å²) in [5.41, 5.74) is 0. The molecular formula is C12H17NO3. The number of carboxylic acids is 1. The molecule has 0 aromatic carbocycles. The molecule has 0 radical (unpaired) electrons. The van der Waals surface area contributed by atoms with E-state index >= 15 is 0 Å². The second kappa shape index (κ2) is 5.14. The van der Waals surface area contributed by atoms with E-state index in [4.69, 9.17) is 9.52 Å². The number of carboxylic acid groups (broad SMARTS) is 1. The van der Waals surface area contributed by atoms with Gasteiger partial charge in [-0.2, -0.15) is 0 Å². The number of aromatic nitrogens is 1. The van der Waals surface area contributed by atoms with E-state index in [1.54, 1.807) is 0 Å². The Balaban J connectivity index is 1.84. The number of oxazole rings is 1. The van der Waals surface area contributed by atoms with Crippen molar-refractivity contribution < 1.29 is 14.3 Å². The van der Waals surface area contributed by atoms with Crippen LogP contribution in [0.25, 0.3) is 0 Å². The van der Waals surface area contributed by atoms with Crippen LogP contribution < -0.4 is 0 Å². The third-order valence-corrected chi connectivity index (χ3v) is 3.11. The molecule has 0 spiro atoms. The normalized spacial score (nSPS) is 16.8. The van der Waals surface area contributed by atoms with E-state index in [-0.39, 0.29) is 6.42 Å². The molecule has 0 unspecified atom stereocenters. The summed E-state index contributed by atoms with van der Waals surface area (Å²) in [6.45, 7) is 0. The maximum atomic E-state index is 10.4. The van der Waals surface area contributed by atoms with Gasteiger partial charge < -0.3 is 9.52 Å². The lowest BCUT2D eigenvalue weighted by Gasteiger charge is -2.02. The van der Waals surface area contributed by atoms with E-state index in [1.807, 2.05) is 6.20 Å². The van der Waals surface area contributed by atoms with Crippen molar-refractivity contribution in [2.75, 3.05) is 0 Å². The Morgan fingerprint density at radius 2 is 2.25 bits per heavy atom. The molecule has 4 heteroatoms. The zero-order valence-electron chi connectivity index (χ0n) is 9.32. The largest absolute Gasteiger partial charge is 0.481 e. The lowest BCUT2D eigenvalue weighted by atomic mass is 10.1. The van der Waals surface area contributed by atoms with Gasteiger partial charge in [0.2, 0.25) is 0 Å². The average Bonchev–Trinajstić information content (AvgIpc) is 2.85. The van der Waals surface area contributed by atoms with Gasteiger partial charge in [-0.25, -0.2) is 4.98 Å². The second-order valence-corrected chi connectivity index (χ2v) is 4.39. The van der Waals surface area contributed by atoms with Crippen molar-refractivity contribution in [3.05, 3.63) is 17.8 Å². The molecule has 88 valence electrons. The molecule has 1 fully saturated rings. The van der Waals surface area contributed by atoms with Crippen LogP contribution in [-0.2, 0) is 11.2 Å². The maximum Gasteiger partial charge on any atom is 0.303 e. The number of aryl methyl sites for hydroxylation is 1. The molecule has 0 amide bonds. The summed E-state index contributed by atoms with van der Waals surface area (Å²) in [7, 11) is 0. The minimum absolute atomic E-state index is 0.182. The van der Waals surface area contributed by atoms with Gasteiger partial charge in [0.1, 0.15) is 5.76 Å². The Bertz CT molecular complexity index is 353. The Labute approximate surface area is 94.7 Å². The number of hydrogen-bond acceptors (Lipinski definition) is 3. The topological polar surface area (TPSA) is 63.3 Å². The highest BCUT2D eigenvalue weighted by atomic mass is 16.4. The van der Waals surface area contributed by atoms with Crippen LogP contribution in [0.2, 0.25) is 0 Å². The first kappa shape index (κ1) is 11.2. The van der Waals surface area contributed by atoms with Gasteiger partial charge in [0.05, 0.1) is 6.20 Å². The molecule has 16 heavy (non-hydrogen) atoms. The summed E-state index contributed by atoms with van der Waals surface area (Å²) < 4.78 is 5.65. The van der Waals surface area contributed by atoms with Crippen molar-refractivity contribution in [3.63, 3.8) is 0 Å². The van der Waals surface area contributed by atoms with Crippen molar-refractivity contribution in [2.24, 2.45) is 0 Å². The Morgan fingerprint density at radius 3 is 2.94 bits per heavy atom. The highest BCUT2D eigenvalue weighted by Crippen LogP contribution is 2.34. The smallest absolute Gasteiger partial charge is 0.303 e. The van der Waals surface area contributed by atoms with Crippen LogP contribution in [0.5, 0.6) is 0 Å². The molecular weight excluding hydrogens is 206 g/mol. The zero-order chi connectivity index (χ0) is 11.4. The first-order valence-corrected chi connectivity index (χ1v) is 5.92. The van der Waals surface area contributed by atoms with E-state index in [2.05, 4.69) is 4.98 Å². The first-order chi connectivity index (χ1) is 7.75. The zero-order valence-corrected chi connectivity index (χ0v) is 9.32. The van der Waals surface area contributed by atoms with Crippen LogP contribution in [0, 0.1) is 0 Å². The van der Waals surface area contributed by atoms with E-state index < -0.39 is 5.97 Å². The van der Waals surface area contributed by atoms with Crippen LogP contribution in [0.3, 0.4) is 0 Å². The first-order valence-electron chi connectivity index (χ1n) is 5.92. The fraction of sp³-hybridized carbons (Fsp3) is 0.667. The summed E-state index contributed by atoms with van der Waals surface area (Å²) >= 11 is 0. The quantitative estimate of drug-likeness (QED) is 0.833. The molecule has 1 aliphatic carbocycles. The van der Waals surface area contributed by atoms with Gasteiger partial charge in [0.15, 0.2) is 5.89 Å². The molecule has 2 rings (SSSR count). The van der Waals surface area contributed by atoms with Gasteiger partial charge in [-0.1, -0.05) is 12.8 Å². The molecule has 1 aromatic rings. The monoisotopic (exact) mass is 223 g/mol. The molecule has 0 aliphatic heterocycles. The number of nitrogens with zero attached hydrogens (tertiary/aromatic N) is 1. The highest BCUT2D eigenvalue weighted by molar-refractivity contribution is 5.66. The molecule has 4 nitrogen and oxygen atoms in total. The third kappa shape index (κ3) is 2.84. The van der Waals surface area contributed by atoms with Gasteiger partial charge in [-0.3, -0.25) is 4.79 Å². The van der Waals surface area contributed by atoms with Crippen molar-refractivity contribution in [1.82, 2.24) is 4.98 Å². The Hall–Kier alpha value is -1.32.